The van der Waals surface area contributed by atoms with Crippen molar-refractivity contribution >= 4 is 52.8 Å². The van der Waals surface area contributed by atoms with E-state index in [1.54, 1.807) is 12.1 Å². The SMILES string of the molecule is COc1cc(/C=C2\C(=O)NC(=O)N(c3ccc(F)cc3)C2=O)cc(Cl)c1OCc1ccc(Cl)cc1. The van der Waals surface area contributed by atoms with Gasteiger partial charge in [0, 0.05) is 5.02 Å². The molecule has 35 heavy (non-hydrogen) atoms. The molecule has 0 aromatic heterocycles. The van der Waals surface area contributed by atoms with Crippen LogP contribution in [-0.2, 0) is 16.2 Å². The first-order chi connectivity index (χ1) is 16.8. The van der Waals surface area contributed by atoms with Crippen LogP contribution >= 0.6 is 23.2 Å². The van der Waals surface area contributed by atoms with Gasteiger partial charge >= 0.3 is 6.03 Å². The van der Waals surface area contributed by atoms with E-state index >= 15 is 0 Å². The number of hydrogen-bond donors (Lipinski definition) is 1. The van der Waals surface area contributed by atoms with Crippen molar-refractivity contribution in [3.8, 4) is 11.5 Å². The third kappa shape index (κ3) is 5.29. The number of methoxy groups -OCH3 is 1. The second-order valence-electron chi connectivity index (χ2n) is 7.38. The molecule has 3 aromatic carbocycles. The van der Waals surface area contributed by atoms with Crippen molar-refractivity contribution in [1.29, 1.82) is 0 Å². The zero-order valence-corrected chi connectivity index (χ0v) is 19.7. The standard InChI is InChI=1S/C25H17Cl2FN2O5/c1-34-21-12-15(11-20(27)22(21)35-13-14-2-4-16(26)5-3-14)10-19-23(31)29-25(33)30(24(19)32)18-8-6-17(28)7-9-18/h2-12H,13H2,1H3,(H,29,31,33)/b19-10+. The van der Waals surface area contributed by atoms with Gasteiger partial charge in [-0.25, -0.2) is 14.1 Å². The monoisotopic (exact) mass is 514 g/mol. The van der Waals surface area contributed by atoms with Crippen LogP contribution in [-0.4, -0.2) is 25.0 Å². The number of barbiturate groups is 1. The quantitative estimate of drug-likeness (QED) is 0.352. The fraction of sp³-hybridized carbons (Fsp3) is 0.0800. The molecule has 1 aliphatic heterocycles. The normalized spacial score (nSPS) is 14.8. The zero-order chi connectivity index (χ0) is 25.1. The highest BCUT2D eigenvalue weighted by molar-refractivity contribution is 6.39. The number of anilines is 1. The summed E-state index contributed by atoms with van der Waals surface area (Å²) >= 11 is 12.3. The van der Waals surface area contributed by atoms with E-state index in [9.17, 15) is 18.8 Å². The van der Waals surface area contributed by atoms with Gasteiger partial charge in [-0.15, -0.1) is 0 Å². The number of halogens is 3. The zero-order valence-electron chi connectivity index (χ0n) is 18.2. The molecule has 1 aliphatic rings. The molecular weight excluding hydrogens is 498 g/mol. The molecule has 7 nitrogen and oxygen atoms in total. The van der Waals surface area contributed by atoms with E-state index < -0.39 is 23.7 Å². The summed E-state index contributed by atoms with van der Waals surface area (Å²) in [5.41, 5.74) is 1.00. The first kappa shape index (κ1) is 24.3. The molecule has 0 atom stereocenters. The number of amides is 4. The molecule has 1 fully saturated rings. The van der Waals surface area contributed by atoms with E-state index in [4.69, 9.17) is 32.7 Å². The topological polar surface area (TPSA) is 84.9 Å². The highest BCUT2D eigenvalue weighted by atomic mass is 35.5. The summed E-state index contributed by atoms with van der Waals surface area (Å²) in [5.74, 6) is -1.74. The van der Waals surface area contributed by atoms with Gasteiger partial charge in [-0.3, -0.25) is 14.9 Å². The van der Waals surface area contributed by atoms with Crippen molar-refractivity contribution in [1.82, 2.24) is 5.32 Å². The summed E-state index contributed by atoms with van der Waals surface area (Å²) < 4.78 is 24.5. The Kier molecular flexibility index (Phi) is 7.04. The lowest BCUT2D eigenvalue weighted by Gasteiger charge is -2.26. The first-order valence-electron chi connectivity index (χ1n) is 10.2. The van der Waals surface area contributed by atoms with Gasteiger partial charge in [-0.1, -0.05) is 35.3 Å². The van der Waals surface area contributed by atoms with E-state index in [0.717, 1.165) is 22.6 Å². The molecular formula is C25H17Cl2FN2O5. The highest BCUT2D eigenvalue weighted by Crippen LogP contribution is 2.38. The number of hydrogen-bond acceptors (Lipinski definition) is 5. The molecule has 0 bridgehead atoms. The maximum Gasteiger partial charge on any atom is 0.335 e. The summed E-state index contributed by atoms with van der Waals surface area (Å²) in [7, 11) is 1.42. The van der Waals surface area contributed by atoms with Gasteiger partial charge < -0.3 is 9.47 Å². The van der Waals surface area contributed by atoms with Crippen LogP contribution in [0.5, 0.6) is 11.5 Å². The van der Waals surface area contributed by atoms with Gasteiger partial charge in [0.2, 0.25) is 0 Å². The van der Waals surface area contributed by atoms with Crippen molar-refractivity contribution in [3.05, 3.63) is 93.2 Å². The fourth-order valence-corrected chi connectivity index (χ4v) is 3.75. The van der Waals surface area contributed by atoms with Crippen molar-refractivity contribution in [2.75, 3.05) is 12.0 Å². The molecule has 4 rings (SSSR count). The smallest absolute Gasteiger partial charge is 0.335 e. The summed E-state index contributed by atoms with van der Waals surface area (Å²) in [6.45, 7) is 0.198. The minimum atomic E-state index is -0.940. The number of nitrogens with zero attached hydrogens (tertiary/aromatic N) is 1. The van der Waals surface area contributed by atoms with Crippen LogP contribution in [0.1, 0.15) is 11.1 Å². The summed E-state index contributed by atoms with van der Waals surface area (Å²) in [5, 5.41) is 2.89. The molecule has 1 heterocycles. The van der Waals surface area contributed by atoms with Crippen molar-refractivity contribution in [2.24, 2.45) is 0 Å². The van der Waals surface area contributed by atoms with E-state index in [-0.39, 0.29) is 34.4 Å². The molecule has 0 spiro atoms. The van der Waals surface area contributed by atoms with Crippen LogP contribution in [0.15, 0.2) is 66.2 Å². The van der Waals surface area contributed by atoms with Crippen LogP contribution in [0.3, 0.4) is 0 Å². The van der Waals surface area contributed by atoms with Gasteiger partial charge in [-0.05, 0) is 65.7 Å². The Bertz CT molecular complexity index is 1340. The third-order valence-corrected chi connectivity index (χ3v) is 5.58. The lowest BCUT2D eigenvalue weighted by molar-refractivity contribution is -0.122. The van der Waals surface area contributed by atoms with Gasteiger partial charge in [-0.2, -0.15) is 0 Å². The van der Waals surface area contributed by atoms with Gasteiger partial charge in [0.1, 0.15) is 18.0 Å². The van der Waals surface area contributed by atoms with Gasteiger partial charge in [0.05, 0.1) is 17.8 Å². The minimum Gasteiger partial charge on any atom is -0.493 e. The molecule has 0 aliphatic carbocycles. The summed E-state index contributed by atoms with van der Waals surface area (Å²) in [6.07, 6.45) is 1.28. The molecule has 1 N–H and O–H groups in total. The van der Waals surface area contributed by atoms with Crippen LogP contribution in [0.2, 0.25) is 10.0 Å². The van der Waals surface area contributed by atoms with Gasteiger partial charge in [0.15, 0.2) is 11.5 Å². The molecule has 178 valence electrons. The Hall–Kier alpha value is -3.88. The number of carbonyl (C=O) groups excluding carboxylic acids is 3. The molecule has 3 aromatic rings. The number of ether oxygens (including phenoxy) is 2. The Morgan fingerprint density at radius 1 is 1.00 bits per heavy atom. The summed E-state index contributed by atoms with van der Waals surface area (Å²) in [4.78, 5) is 38.5. The first-order valence-corrected chi connectivity index (χ1v) is 10.9. The Labute approximate surface area is 209 Å². The number of rotatable bonds is 6. The second-order valence-corrected chi connectivity index (χ2v) is 8.23. The lowest BCUT2D eigenvalue weighted by Crippen LogP contribution is -2.54. The second kappa shape index (κ2) is 10.2. The number of nitrogens with one attached hydrogen (secondary N) is 1. The van der Waals surface area contributed by atoms with E-state index in [1.165, 1.54) is 37.5 Å². The van der Waals surface area contributed by atoms with Gasteiger partial charge in [0.25, 0.3) is 11.8 Å². The Balaban J connectivity index is 1.63. The Morgan fingerprint density at radius 3 is 2.34 bits per heavy atom. The van der Waals surface area contributed by atoms with E-state index in [0.29, 0.717) is 10.6 Å². The minimum absolute atomic E-state index is 0.105. The molecule has 0 saturated carbocycles. The molecule has 10 heteroatoms. The van der Waals surface area contributed by atoms with Crippen molar-refractivity contribution in [2.45, 2.75) is 6.61 Å². The molecule has 4 amide bonds. The van der Waals surface area contributed by atoms with E-state index in [1.807, 2.05) is 12.1 Å². The maximum absolute atomic E-state index is 13.3. The average molecular weight is 515 g/mol. The third-order valence-electron chi connectivity index (χ3n) is 5.05. The number of carbonyl (C=O) groups is 3. The fourth-order valence-electron chi connectivity index (χ4n) is 3.35. The van der Waals surface area contributed by atoms with Crippen molar-refractivity contribution in [3.63, 3.8) is 0 Å². The van der Waals surface area contributed by atoms with Crippen LogP contribution in [0.25, 0.3) is 6.08 Å². The maximum atomic E-state index is 13.3. The van der Waals surface area contributed by atoms with E-state index in [2.05, 4.69) is 5.32 Å². The number of imide groups is 2. The number of benzene rings is 3. The average Bonchev–Trinajstić information content (AvgIpc) is 2.83. The number of urea groups is 1. The van der Waals surface area contributed by atoms with Crippen LogP contribution < -0.4 is 19.7 Å². The predicted molar refractivity (Wildman–Crippen MR) is 129 cm³/mol. The predicted octanol–water partition coefficient (Wildman–Crippen LogP) is 5.39. The van der Waals surface area contributed by atoms with Crippen LogP contribution in [0, 0.1) is 5.82 Å². The van der Waals surface area contributed by atoms with Crippen molar-refractivity contribution < 1.29 is 28.2 Å². The molecule has 1 saturated heterocycles. The summed E-state index contributed by atoms with van der Waals surface area (Å²) in [6, 6.07) is 13.9. The molecule has 0 unspecified atom stereocenters. The molecule has 0 radical (unpaired) electrons. The largest absolute Gasteiger partial charge is 0.493 e. The lowest BCUT2D eigenvalue weighted by atomic mass is 10.1. The Morgan fingerprint density at radius 2 is 1.69 bits per heavy atom. The van der Waals surface area contributed by atoms with Crippen LogP contribution in [0.4, 0.5) is 14.9 Å². The highest BCUT2D eigenvalue weighted by Gasteiger charge is 2.36.